The van der Waals surface area contributed by atoms with Crippen LogP contribution in [-0.2, 0) is 0 Å². The van der Waals surface area contributed by atoms with E-state index in [4.69, 9.17) is 9.47 Å². The second-order valence-electron chi connectivity index (χ2n) is 6.98. The molecular formula is C22H20N4O4S2. The highest BCUT2D eigenvalue weighted by atomic mass is 32.2. The van der Waals surface area contributed by atoms with Crippen molar-refractivity contribution >= 4 is 51.3 Å². The number of rotatable bonds is 7. The summed E-state index contributed by atoms with van der Waals surface area (Å²) in [5.74, 6) is 1.29. The standard InChI is InChI=1S/C22H20N4O4S2/c1-12-4-6-16-15(8-12)17(27)10-14(23-16)11-31-22-26-25-21(32-22)24-20(28)13-5-7-18(29-2)19(9-13)30-3/h4-9H,10-11H2,1-3H3,(H,24,25,28). The van der Waals surface area contributed by atoms with Crippen LogP contribution in [0, 0.1) is 6.92 Å². The lowest BCUT2D eigenvalue weighted by molar-refractivity contribution is 0.0997. The number of carbonyl (C=O) groups excluding carboxylic acids is 2. The molecule has 8 nitrogen and oxygen atoms in total. The van der Waals surface area contributed by atoms with E-state index in [0.29, 0.717) is 50.0 Å². The van der Waals surface area contributed by atoms with Crippen LogP contribution in [-0.4, -0.2) is 47.6 Å². The molecule has 1 N–H and O–H groups in total. The van der Waals surface area contributed by atoms with Gasteiger partial charge < -0.3 is 9.47 Å². The van der Waals surface area contributed by atoms with Crippen molar-refractivity contribution in [1.29, 1.82) is 0 Å². The Morgan fingerprint density at radius 1 is 1.12 bits per heavy atom. The fraction of sp³-hybridized carbons (Fsp3) is 0.227. The van der Waals surface area contributed by atoms with Crippen LogP contribution in [0.3, 0.4) is 0 Å². The Hall–Kier alpha value is -3.24. The van der Waals surface area contributed by atoms with E-state index in [-0.39, 0.29) is 11.7 Å². The van der Waals surface area contributed by atoms with Gasteiger partial charge in [0.1, 0.15) is 0 Å². The van der Waals surface area contributed by atoms with Gasteiger partial charge in [-0.05, 0) is 37.3 Å². The number of aliphatic imine (C=N–C) groups is 1. The zero-order chi connectivity index (χ0) is 22.7. The quantitative estimate of drug-likeness (QED) is 0.400. The first-order valence-electron chi connectivity index (χ1n) is 9.67. The number of aryl methyl sites for hydroxylation is 1. The van der Waals surface area contributed by atoms with Crippen molar-refractivity contribution in [2.75, 3.05) is 25.3 Å². The highest BCUT2D eigenvalue weighted by molar-refractivity contribution is 8.01. The summed E-state index contributed by atoms with van der Waals surface area (Å²) >= 11 is 2.70. The molecule has 1 aliphatic rings. The first-order valence-corrected chi connectivity index (χ1v) is 11.5. The number of thioether (sulfide) groups is 1. The van der Waals surface area contributed by atoms with Gasteiger partial charge in [0.05, 0.1) is 26.3 Å². The summed E-state index contributed by atoms with van der Waals surface area (Å²) in [5, 5.41) is 11.3. The van der Waals surface area contributed by atoms with Gasteiger partial charge in [-0.2, -0.15) is 0 Å². The minimum absolute atomic E-state index is 0.0782. The third-order valence-corrected chi connectivity index (χ3v) is 6.77. The molecule has 0 spiro atoms. The molecule has 10 heteroatoms. The number of ketones is 1. The molecule has 0 saturated carbocycles. The molecule has 1 aliphatic heterocycles. The smallest absolute Gasteiger partial charge is 0.257 e. The Morgan fingerprint density at radius 2 is 1.94 bits per heavy atom. The number of methoxy groups -OCH3 is 2. The van der Waals surface area contributed by atoms with E-state index in [1.165, 1.54) is 37.3 Å². The predicted octanol–water partition coefficient (Wildman–Crippen LogP) is 4.57. The lowest BCUT2D eigenvalue weighted by atomic mass is 9.99. The van der Waals surface area contributed by atoms with Gasteiger partial charge in [0.2, 0.25) is 5.13 Å². The number of carbonyl (C=O) groups is 2. The Kier molecular flexibility index (Phi) is 6.52. The number of Topliss-reactive ketones (excluding diaryl/α,β-unsaturated/α-hetero) is 1. The predicted molar refractivity (Wildman–Crippen MR) is 125 cm³/mol. The fourth-order valence-corrected chi connectivity index (χ4v) is 4.83. The normalized spacial score (nSPS) is 12.7. The molecule has 0 atom stereocenters. The third-order valence-electron chi connectivity index (χ3n) is 4.73. The van der Waals surface area contributed by atoms with E-state index >= 15 is 0 Å². The van der Waals surface area contributed by atoms with Crippen molar-refractivity contribution in [3.05, 3.63) is 53.1 Å². The number of amides is 1. The number of anilines is 1. The van der Waals surface area contributed by atoms with Crippen molar-refractivity contribution in [2.24, 2.45) is 4.99 Å². The third kappa shape index (κ3) is 4.81. The second kappa shape index (κ2) is 9.49. The largest absolute Gasteiger partial charge is 0.493 e. The molecule has 0 bridgehead atoms. The maximum absolute atomic E-state index is 12.5. The number of ether oxygens (including phenoxy) is 2. The minimum Gasteiger partial charge on any atom is -0.493 e. The Bertz CT molecular complexity index is 1220. The Morgan fingerprint density at radius 3 is 2.72 bits per heavy atom. The van der Waals surface area contributed by atoms with E-state index in [1.54, 1.807) is 18.2 Å². The molecule has 4 rings (SSSR count). The number of hydrogen-bond acceptors (Lipinski definition) is 9. The van der Waals surface area contributed by atoms with E-state index in [9.17, 15) is 9.59 Å². The van der Waals surface area contributed by atoms with Gasteiger partial charge in [-0.1, -0.05) is 34.7 Å². The minimum atomic E-state index is -0.326. The highest BCUT2D eigenvalue weighted by Gasteiger charge is 2.21. The van der Waals surface area contributed by atoms with Crippen molar-refractivity contribution in [1.82, 2.24) is 10.2 Å². The van der Waals surface area contributed by atoms with Crippen LogP contribution in [0.5, 0.6) is 11.5 Å². The lowest BCUT2D eigenvalue weighted by Crippen LogP contribution is -2.15. The summed E-state index contributed by atoms with van der Waals surface area (Å²) in [5.41, 5.74) is 3.64. The summed E-state index contributed by atoms with van der Waals surface area (Å²) in [7, 11) is 3.05. The summed E-state index contributed by atoms with van der Waals surface area (Å²) in [4.78, 5) is 29.6. The second-order valence-corrected chi connectivity index (χ2v) is 9.18. The van der Waals surface area contributed by atoms with Gasteiger partial charge in [0.15, 0.2) is 21.6 Å². The maximum atomic E-state index is 12.5. The first kappa shape index (κ1) is 22.0. The number of aromatic nitrogens is 2. The van der Waals surface area contributed by atoms with Crippen LogP contribution in [0.1, 0.15) is 32.7 Å². The zero-order valence-corrected chi connectivity index (χ0v) is 19.3. The SMILES string of the molecule is COc1ccc(C(=O)Nc2nnc(SCC3=Nc4ccc(C)cc4C(=O)C3)s2)cc1OC. The van der Waals surface area contributed by atoms with Crippen LogP contribution in [0.15, 0.2) is 45.7 Å². The maximum Gasteiger partial charge on any atom is 0.257 e. The van der Waals surface area contributed by atoms with E-state index < -0.39 is 0 Å². The Labute approximate surface area is 193 Å². The molecule has 3 aromatic rings. The number of hydrogen-bond donors (Lipinski definition) is 1. The van der Waals surface area contributed by atoms with Crippen molar-refractivity contribution in [3.63, 3.8) is 0 Å². The molecule has 164 valence electrons. The zero-order valence-electron chi connectivity index (χ0n) is 17.7. The average Bonchev–Trinajstić information content (AvgIpc) is 3.24. The number of fused-ring (bicyclic) bond motifs is 1. The van der Waals surface area contributed by atoms with Gasteiger partial charge in [-0.25, -0.2) is 0 Å². The molecule has 32 heavy (non-hydrogen) atoms. The van der Waals surface area contributed by atoms with Gasteiger partial charge in [-0.3, -0.25) is 19.9 Å². The summed E-state index contributed by atoms with van der Waals surface area (Å²) < 4.78 is 11.1. The van der Waals surface area contributed by atoms with Crippen molar-refractivity contribution in [2.45, 2.75) is 17.7 Å². The van der Waals surface area contributed by atoms with E-state index in [0.717, 1.165) is 11.3 Å². The molecular weight excluding hydrogens is 448 g/mol. The van der Waals surface area contributed by atoms with E-state index in [2.05, 4.69) is 20.5 Å². The fourth-order valence-electron chi connectivity index (χ4n) is 3.15. The lowest BCUT2D eigenvalue weighted by Gasteiger charge is -2.14. The van der Waals surface area contributed by atoms with Crippen LogP contribution in [0.25, 0.3) is 0 Å². The molecule has 1 amide bonds. The highest BCUT2D eigenvalue weighted by Crippen LogP contribution is 2.31. The number of benzene rings is 2. The van der Waals surface area contributed by atoms with Crippen LogP contribution in [0.2, 0.25) is 0 Å². The molecule has 0 radical (unpaired) electrons. The number of nitrogens with zero attached hydrogens (tertiary/aromatic N) is 3. The monoisotopic (exact) mass is 468 g/mol. The van der Waals surface area contributed by atoms with Gasteiger partial charge in [0.25, 0.3) is 5.91 Å². The van der Waals surface area contributed by atoms with Crippen molar-refractivity contribution < 1.29 is 19.1 Å². The van der Waals surface area contributed by atoms with Gasteiger partial charge in [0, 0.05) is 22.6 Å². The Balaban J connectivity index is 1.39. The molecule has 0 saturated heterocycles. The van der Waals surface area contributed by atoms with E-state index in [1.807, 2.05) is 25.1 Å². The average molecular weight is 469 g/mol. The van der Waals surface area contributed by atoms with Gasteiger partial charge in [-0.15, -0.1) is 10.2 Å². The van der Waals surface area contributed by atoms with Crippen LogP contribution < -0.4 is 14.8 Å². The molecule has 2 aromatic carbocycles. The molecule has 1 aromatic heterocycles. The van der Waals surface area contributed by atoms with Crippen LogP contribution >= 0.6 is 23.1 Å². The summed E-state index contributed by atoms with van der Waals surface area (Å²) in [6, 6.07) is 10.6. The van der Waals surface area contributed by atoms with Crippen LogP contribution in [0.4, 0.5) is 10.8 Å². The molecule has 0 unspecified atom stereocenters. The van der Waals surface area contributed by atoms with Crippen molar-refractivity contribution in [3.8, 4) is 11.5 Å². The summed E-state index contributed by atoms with van der Waals surface area (Å²) in [6.45, 7) is 1.96. The molecule has 2 heterocycles. The molecule has 0 fully saturated rings. The molecule has 0 aliphatic carbocycles. The van der Waals surface area contributed by atoms with Gasteiger partial charge >= 0.3 is 0 Å². The first-order chi connectivity index (χ1) is 15.5. The number of nitrogens with one attached hydrogen (secondary N) is 1. The topological polar surface area (TPSA) is 103 Å². The summed E-state index contributed by atoms with van der Waals surface area (Å²) in [6.07, 6.45) is 0.297.